The summed E-state index contributed by atoms with van der Waals surface area (Å²) >= 11 is 3.12. The molecular weight excluding hydrogens is 340 g/mol. The van der Waals surface area contributed by atoms with Gasteiger partial charge in [-0.2, -0.15) is 0 Å². The molecule has 1 atom stereocenters. The fourth-order valence-electron chi connectivity index (χ4n) is 1.88. The predicted octanol–water partition coefficient (Wildman–Crippen LogP) is 3.24. The first-order valence-electron chi connectivity index (χ1n) is 6.66. The van der Waals surface area contributed by atoms with E-state index in [1.165, 1.54) is 12.1 Å². The average molecular weight is 359 g/mol. The van der Waals surface area contributed by atoms with Crippen LogP contribution in [-0.4, -0.2) is 42.0 Å². The number of carbonyl (C=O) groups excluding carboxylic acids is 1. The van der Waals surface area contributed by atoms with Gasteiger partial charge in [-0.3, -0.25) is 14.9 Å². The second kappa shape index (κ2) is 8.09. The minimum Gasteiger partial charge on any atom is -0.383 e. The van der Waals surface area contributed by atoms with Crippen molar-refractivity contribution in [1.82, 2.24) is 4.90 Å². The third kappa shape index (κ3) is 4.50. The molecule has 6 nitrogen and oxygen atoms in total. The third-order valence-corrected chi connectivity index (χ3v) is 3.98. The summed E-state index contributed by atoms with van der Waals surface area (Å²) in [5.74, 6) is -0.225. The number of carbonyl (C=O) groups is 1. The maximum absolute atomic E-state index is 12.6. The lowest BCUT2D eigenvalue weighted by Crippen LogP contribution is -2.40. The molecular formula is C14H19BrN2O4. The molecule has 0 aliphatic carbocycles. The SMILES string of the molecule is CCC(C)N(CCOC)C(=O)c1ccc(Br)c([N+](=O)[O-])c1. The zero-order chi connectivity index (χ0) is 16.0. The minimum absolute atomic E-state index is 0.0374. The Kier molecular flexibility index (Phi) is 6.77. The number of rotatable bonds is 7. The second-order valence-electron chi connectivity index (χ2n) is 4.67. The average Bonchev–Trinajstić information content (AvgIpc) is 2.47. The van der Waals surface area contributed by atoms with E-state index in [1.807, 2.05) is 13.8 Å². The van der Waals surface area contributed by atoms with E-state index in [0.717, 1.165) is 6.42 Å². The number of ether oxygens (including phenoxy) is 1. The number of benzene rings is 1. The van der Waals surface area contributed by atoms with Gasteiger partial charge in [-0.15, -0.1) is 0 Å². The second-order valence-corrected chi connectivity index (χ2v) is 5.53. The van der Waals surface area contributed by atoms with Crippen molar-refractivity contribution in [2.75, 3.05) is 20.3 Å². The van der Waals surface area contributed by atoms with Crippen LogP contribution in [0.2, 0.25) is 0 Å². The van der Waals surface area contributed by atoms with E-state index >= 15 is 0 Å². The Hall–Kier alpha value is -1.47. The van der Waals surface area contributed by atoms with Gasteiger partial charge in [-0.25, -0.2) is 0 Å². The van der Waals surface area contributed by atoms with Crippen molar-refractivity contribution in [2.45, 2.75) is 26.3 Å². The van der Waals surface area contributed by atoms with Crippen LogP contribution < -0.4 is 0 Å². The van der Waals surface area contributed by atoms with E-state index in [2.05, 4.69) is 15.9 Å². The summed E-state index contributed by atoms with van der Waals surface area (Å²) in [5, 5.41) is 11.0. The van der Waals surface area contributed by atoms with Crippen LogP contribution in [0.3, 0.4) is 0 Å². The number of amides is 1. The van der Waals surface area contributed by atoms with Gasteiger partial charge in [0.1, 0.15) is 0 Å². The normalized spacial score (nSPS) is 12.0. The van der Waals surface area contributed by atoms with Gasteiger partial charge in [0, 0.05) is 31.3 Å². The Balaban J connectivity index is 3.08. The number of hydrogen-bond acceptors (Lipinski definition) is 4. The first-order valence-corrected chi connectivity index (χ1v) is 7.45. The highest BCUT2D eigenvalue weighted by atomic mass is 79.9. The summed E-state index contributed by atoms with van der Waals surface area (Å²) in [6.07, 6.45) is 0.800. The highest BCUT2D eigenvalue weighted by molar-refractivity contribution is 9.10. The maximum atomic E-state index is 12.6. The molecule has 1 aromatic carbocycles. The van der Waals surface area contributed by atoms with E-state index in [9.17, 15) is 14.9 Å². The van der Waals surface area contributed by atoms with Gasteiger partial charge in [0.15, 0.2) is 0 Å². The molecule has 1 amide bonds. The van der Waals surface area contributed by atoms with E-state index in [1.54, 1.807) is 18.1 Å². The smallest absolute Gasteiger partial charge is 0.284 e. The van der Waals surface area contributed by atoms with Crippen molar-refractivity contribution in [3.8, 4) is 0 Å². The summed E-state index contributed by atoms with van der Waals surface area (Å²) in [6, 6.07) is 4.45. The Morgan fingerprint density at radius 1 is 1.52 bits per heavy atom. The highest BCUT2D eigenvalue weighted by Gasteiger charge is 2.23. The minimum atomic E-state index is -0.510. The van der Waals surface area contributed by atoms with Crippen molar-refractivity contribution >= 4 is 27.5 Å². The number of nitro benzene ring substituents is 1. The fourth-order valence-corrected chi connectivity index (χ4v) is 2.27. The predicted molar refractivity (Wildman–Crippen MR) is 83.5 cm³/mol. The summed E-state index contributed by atoms with van der Waals surface area (Å²) in [5.41, 5.74) is 0.193. The fraction of sp³-hybridized carbons (Fsp3) is 0.500. The number of halogens is 1. The Bertz CT molecular complexity index is 522. The first kappa shape index (κ1) is 17.6. The van der Waals surface area contributed by atoms with Crippen LogP contribution in [0.15, 0.2) is 22.7 Å². The van der Waals surface area contributed by atoms with Gasteiger partial charge in [-0.1, -0.05) is 6.92 Å². The summed E-state index contributed by atoms with van der Waals surface area (Å²) in [4.78, 5) is 24.7. The Labute approximate surface area is 132 Å². The molecule has 0 fully saturated rings. The summed E-state index contributed by atoms with van der Waals surface area (Å²) in [7, 11) is 1.57. The van der Waals surface area contributed by atoms with Crippen LogP contribution in [0.25, 0.3) is 0 Å². The van der Waals surface area contributed by atoms with E-state index < -0.39 is 4.92 Å². The van der Waals surface area contributed by atoms with Crippen molar-refractivity contribution < 1.29 is 14.5 Å². The molecule has 0 saturated heterocycles. The topological polar surface area (TPSA) is 72.7 Å². The van der Waals surface area contributed by atoms with Crippen LogP contribution in [0, 0.1) is 10.1 Å². The lowest BCUT2D eigenvalue weighted by molar-refractivity contribution is -0.385. The van der Waals surface area contributed by atoms with Gasteiger partial charge in [0.25, 0.3) is 11.6 Å². The van der Waals surface area contributed by atoms with Gasteiger partial charge in [0.2, 0.25) is 0 Å². The number of hydrogen-bond donors (Lipinski definition) is 0. The van der Waals surface area contributed by atoms with Gasteiger partial charge in [-0.05, 0) is 41.4 Å². The van der Waals surface area contributed by atoms with Crippen LogP contribution in [-0.2, 0) is 4.74 Å². The monoisotopic (exact) mass is 358 g/mol. The highest BCUT2D eigenvalue weighted by Crippen LogP contribution is 2.26. The molecule has 1 rings (SSSR count). The summed E-state index contributed by atoms with van der Waals surface area (Å²) in [6.45, 7) is 4.81. The van der Waals surface area contributed by atoms with Gasteiger partial charge < -0.3 is 9.64 Å². The lowest BCUT2D eigenvalue weighted by atomic mass is 10.1. The van der Waals surface area contributed by atoms with Gasteiger partial charge in [0.05, 0.1) is 16.0 Å². The lowest BCUT2D eigenvalue weighted by Gasteiger charge is -2.28. The molecule has 0 aromatic heterocycles. The molecule has 116 valence electrons. The van der Waals surface area contributed by atoms with E-state index in [4.69, 9.17) is 4.74 Å². The van der Waals surface area contributed by atoms with E-state index in [0.29, 0.717) is 23.2 Å². The number of nitrogens with zero attached hydrogens (tertiary/aromatic N) is 2. The Morgan fingerprint density at radius 3 is 2.71 bits per heavy atom. The molecule has 0 heterocycles. The van der Waals surface area contributed by atoms with Crippen LogP contribution in [0.1, 0.15) is 30.6 Å². The number of methoxy groups -OCH3 is 1. The zero-order valence-electron chi connectivity index (χ0n) is 12.3. The largest absolute Gasteiger partial charge is 0.383 e. The molecule has 0 spiro atoms. The van der Waals surface area contributed by atoms with Gasteiger partial charge >= 0.3 is 0 Å². The number of nitro groups is 1. The molecule has 0 N–H and O–H groups in total. The molecule has 21 heavy (non-hydrogen) atoms. The summed E-state index contributed by atoms with van der Waals surface area (Å²) < 4.78 is 5.38. The molecule has 0 bridgehead atoms. The van der Waals surface area contributed by atoms with Crippen LogP contribution >= 0.6 is 15.9 Å². The molecule has 1 aromatic rings. The van der Waals surface area contributed by atoms with Crippen LogP contribution in [0.4, 0.5) is 5.69 Å². The quantitative estimate of drug-likeness (QED) is 0.553. The molecule has 0 saturated carbocycles. The first-order chi connectivity index (χ1) is 9.92. The molecule has 0 aliphatic rings. The van der Waals surface area contributed by atoms with E-state index in [-0.39, 0.29) is 17.6 Å². The molecule has 1 unspecified atom stereocenters. The van der Waals surface area contributed by atoms with Crippen molar-refractivity contribution in [2.24, 2.45) is 0 Å². The molecule has 0 radical (unpaired) electrons. The molecule has 7 heteroatoms. The maximum Gasteiger partial charge on any atom is 0.284 e. The zero-order valence-corrected chi connectivity index (χ0v) is 13.9. The van der Waals surface area contributed by atoms with Crippen molar-refractivity contribution in [3.05, 3.63) is 38.3 Å². The third-order valence-electron chi connectivity index (χ3n) is 3.31. The van der Waals surface area contributed by atoms with Crippen molar-refractivity contribution in [1.29, 1.82) is 0 Å². The van der Waals surface area contributed by atoms with Crippen molar-refractivity contribution in [3.63, 3.8) is 0 Å². The van der Waals surface area contributed by atoms with Crippen LogP contribution in [0.5, 0.6) is 0 Å². The standard InChI is InChI=1S/C14H19BrN2O4/c1-4-10(2)16(7-8-21-3)14(18)11-5-6-12(15)13(9-11)17(19)20/h5-6,9-10H,4,7-8H2,1-3H3. The molecule has 0 aliphatic heterocycles. The Morgan fingerprint density at radius 2 is 2.19 bits per heavy atom.